The first-order valence-corrected chi connectivity index (χ1v) is 7.05. The largest absolute Gasteiger partial charge is 0.493 e. The second-order valence-corrected chi connectivity index (χ2v) is 5.49. The van der Waals surface area contributed by atoms with Crippen LogP contribution in [0.4, 0.5) is 0 Å². The molecule has 0 aliphatic heterocycles. The molecule has 0 aromatic heterocycles. The molecule has 0 radical (unpaired) electrons. The van der Waals surface area contributed by atoms with Crippen LogP contribution in [0.1, 0.15) is 38.4 Å². The summed E-state index contributed by atoms with van der Waals surface area (Å²) >= 11 is 3.36. The SMILES string of the molecule is CCOc1ccc(Br)cc1C(O)CC(C)CC(=O)O. The van der Waals surface area contributed by atoms with Gasteiger partial charge in [0.2, 0.25) is 0 Å². The van der Waals surface area contributed by atoms with Crippen molar-refractivity contribution in [1.82, 2.24) is 0 Å². The lowest BCUT2D eigenvalue weighted by Crippen LogP contribution is -2.10. The van der Waals surface area contributed by atoms with Crippen LogP contribution in [0.3, 0.4) is 0 Å². The standard InChI is InChI=1S/C14H19BrO4/c1-3-19-13-5-4-10(15)8-11(13)12(16)6-9(2)7-14(17)18/h4-5,8-9,12,16H,3,6-7H2,1-2H3,(H,17,18). The van der Waals surface area contributed by atoms with Crippen molar-refractivity contribution in [3.05, 3.63) is 28.2 Å². The first-order chi connectivity index (χ1) is 8.93. The lowest BCUT2D eigenvalue weighted by atomic mass is 9.95. The molecule has 0 bridgehead atoms. The second kappa shape index (κ2) is 7.50. The predicted octanol–water partition coefficient (Wildman–Crippen LogP) is 3.38. The lowest BCUT2D eigenvalue weighted by molar-refractivity contribution is -0.138. The first-order valence-electron chi connectivity index (χ1n) is 6.26. The molecule has 5 heteroatoms. The summed E-state index contributed by atoms with van der Waals surface area (Å²) in [6.45, 7) is 4.22. The molecule has 2 N–H and O–H groups in total. The van der Waals surface area contributed by atoms with Gasteiger partial charge in [-0.15, -0.1) is 0 Å². The molecule has 106 valence electrons. The Morgan fingerprint density at radius 3 is 2.74 bits per heavy atom. The normalized spacial score (nSPS) is 13.9. The number of carbonyl (C=O) groups is 1. The van der Waals surface area contributed by atoms with E-state index in [1.54, 1.807) is 6.07 Å². The number of hydrogen-bond acceptors (Lipinski definition) is 3. The van der Waals surface area contributed by atoms with Crippen LogP contribution in [0, 0.1) is 5.92 Å². The van der Waals surface area contributed by atoms with E-state index in [0.29, 0.717) is 24.3 Å². The molecule has 0 fully saturated rings. The van der Waals surface area contributed by atoms with Crippen LogP contribution >= 0.6 is 15.9 Å². The number of halogens is 1. The fourth-order valence-electron chi connectivity index (χ4n) is 1.96. The molecular formula is C14H19BrO4. The summed E-state index contributed by atoms with van der Waals surface area (Å²) in [6, 6.07) is 5.46. The minimum Gasteiger partial charge on any atom is -0.493 e. The molecular weight excluding hydrogens is 312 g/mol. The summed E-state index contributed by atoms with van der Waals surface area (Å²) in [5.41, 5.74) is 0.688. The van der Waals surface area contributed by atoms with Gasteiger partial charge in [-0.1, -0.05) is 22.9 Å². The van der Waals surface area contributed by atoms with Gasteiger partial charge in [0.15, 0.2) is 0 Å². The highest BCUT2D eigenvalue weighted by Gasteiger charge is 2.18. The molecule has 0 aliphatic carbocycles. The molecule has 0 aliphatic rings. The molecule has 0 saturated carbocycles. The summed E-state index contributed by atoms with van der Waals surface area (Å²) in [5.74, 6) is -0.305. The zero-order valence-corrected chi connectivity index (χ0v) is 12.7. The molecule has 4 nitrogen and oxygen atoms in total. The van der Waals surface area contributed by atoms with E-state index in [0.717, 1.165) is 4.47 Å². The number of carboxylic acids is 1. The van der Waals surface area contributed by atoms with Gasteiger partial charge in [0.25, 0.3) is 0 Å². The van der Waals surface area contributed by atoms with Crippen LogP contribution in [0.2, 0.25) is 0 Å². The number of rotatable bonds is 7. The maximum absolute atomic E-state index is 10.6. The van der Waals surface area contributed by atoms with Crippen molar-refractivity contribution in [1.29, 1.82) is 0 Å². The van der Waals surface area contributed by atoms with Gasteiger partial charge < -0.3 is 14.9 Å². The number of hydrogen-bond donors (Lipinski definition) is 2. The van der Waals surface area contributed by atoms with Crippen LogP contribution in [0.15, 0.2) is 22.7 Å². The van der Waals surface area contributed by atoms with Crippen molar-refractivity contribution >= 4 is 21.9 Å². The third-order valence-electron chi connectivity index (χ3n) is 2.78. The highest BCUT2D eigenvalue weighted by molar-refractivity contribution is 9.10. The Morgan fingerprint density at radius 2 is 2.16 bits per heavy atom. The first kappa shape index (κ1) is 16.0. The van der Waals surface area contributed by atoms with Gasteiger partial charge in [-0.05, 0) is 37.5 Å². The van der Waals surface area contributed by atoms with E-state index in [1.807, 2.05) is 26.0 Å². The number of ether oxygens (including phenoxy) is 1. The zero-order chi connectivity index (χ0) is 14.4. The molecule has 0 heterocycles. The van der Waals surface area contributed by atoms with Gasteiger partial charge in [0.1, 0.15) is 5.75 Å². The van der Waals surface area contributed by atoms with E-state index in [1.165, 1.54) is 0 Å². The molecule has 0 saturated heterocycles. The van der Waals surface area contributed by atoms with Crippen LogP contribution in [-0.2, 0) is 4.79 Å². The summed E-state index contributed by atoms with van der Waals surface area (Å²) in [4.78, 5) is 10.6. The fraction of sp³-hybridized carbons (Fsp3) is 0.500. The van der Waals surface area contributed by atoms with Gasteiger partial charge in [0.05, 0.1) is 12.7 Å². The van der Waals surface area contributed by atoms with Crippen molar-refractivity contribution in [3.63, 3.8) is 0 Å². The molecule has 2 unspecified atom stereocenters. The quantitative estimate of drug-likeness (QED) is 0.804. The van der Waals surface area contributed by atoms with Crippen LogP contribution < -0.4 is 4.74 Å². The minimum absolute atomic E-state index is 0.0506. The van der Waals surface area contributed by atoms with Gasteiger partial charge in [-0.2, -0.15) is 0 Å². The highest BCUT2D eigenvalue weighted by Crippen LogP contribution is 2.32. The van der Waals surface area contributed by atoms with Gasteiger partial charge in [-0.25, -0.2) is 0 Å². The lowest BCUT2D eigenvalue weighted by Gasteiger charge is -2.18. The Morgan fingerprint density at radius 1 is 1.47 bits per heavy atom. The highest BCUT2D eigenvalue weighted by atomic mass is 79.9. The average molecular weight is 331 g/mol. The number of benzene rings is 1. The average Bonchev–Trinajstić information content (AvgIpc) is 2.30. The number of carboxylic acid groups (broad SMARTS) is 1. The topological polar surface area (TPSA) is 66.8 Å². The second-order valence-electron chi connectivity index (χ2n) is 4.57. The van der Waals surface area contributed by atoms with E-state index < -0.39 is 12.1 Å². The van der Waals surface area contributed by atoms with Gasteiger partial charge in [-0.3, -0.25) is 4.79 Å². The molecule has 1 aromatic carbocycles. The van der Waals surface area contributed by atoms with E-state index in [-0.39, 0.29) is 12.3 Å². The third-order valence-corrected chi connectivity index (χ3v) is 3.27. The van der Waals surface area contributed by atoms with Gasteiger partial charge in [0, 0.05) is 16.5 Å². The Kier molecular flexibility index (Phi) is 6.31. The Bertz CT molecular complexity index is 433. The monoisotopic (exact) mass is 330 g/mol. The van der Waals surface area contributed by atoms with Crippen LogP contribution in [0.5, 0.6) is 5.75 Å². The van der Waals surface area contributed by atoms with Crippen molar-refractivity contribution in [2.75, 3.05) is 6.61 Å². The molecule has 0 spiro atoms. The number of aliphatic carboxylic acids is 1. The fourth-order valence-corrected chi connectivity index (χ4v) is 2.33. The number of aliphatic hydroxyl groups excluding tert-OH is 1. The summed E-state index contributed by atoms with van der Waals surface area (Å²) < 4.78 is 6.34. The number of aliphatic hydroxyl groups is 1. The summed E-state index contributed by atoms with van der Waals surface area (Å²) in [7, 11) is 0. The van der Waals surface area contributed by atoms with Crippen molar-refractivity contribution in [3.8, 4) is 5.75 Å². The summed E-state index contributed by atoms with van der Waals surface area (Å²) in [6.07, 6.45) is -0.286. The molecule has 1 rings (SSSR count). The molecule has 19 heavy (non-hydrogen) atoms. The van der Waals surface area contributed by atoms with E-state index in [4.69, 9.17) is 9.84 Å². The van der Waals surface area contributed by atoms with E-state index >= 15 is 0 Å². The predicted molar refractivity (Wildman–Crippen MR) is 76.3 cm³/mol. The Hall–Kier alpha value is -1.07. The molecule has 2 atom stereocenters. The van der Waals surface area contributed by atoms with E-state index in [2.05, 4.69) is 15.9 Å². The van der Waals surface area contributed by atoms with Crippen molar-refractivity contribution < 1.29 is 19.7 Å². The van der Waals surface area contributed by atoms with Gasteiger partial charge >= 0.3 is 5.97 Å². The zero-order valence-electron chi connectivity index (χ0n) is 11.1. The maximum Gasteiger partial charge on any atom is 0.303 e. The Balaban J connectivity index is 2.82. The van der Waals surface area contributed by atoms with Crippen molar-refractivity contribution in [2.45, 2.75) is 32.8 Å². The van der Waals surface area contributed by atoms with Crippen LogP contribution in [0.25, 0.3) is 0 Å². The summed E-state index contributed by atoms with van der Waals surface area (Å²) in [5, 5.41) is 19.0. The maximum atomic E-state index is 10.6. The third kappa shape index (κ3) is 5.20. The van der Waals surface area contributed by atoms with Crippen LogP contribution in [-0.4, -0.2) is 22.8 Å². The Labute approximate surface area is 121 Å². The molecule has 1 aromatic rings. The van der Waals surface area contributed by atoms with Crippen molar-refractivity contribution in [2.24, 2.45) is 5.92 Å². The smallest absolute Gasteiger partial charge is 0.303 e. The minimum atomic E-state index is -0.848. The van der Waals surface area contributed by atoms with E-state index in [9.17, 15) is 9.90 Å². The molecule has 0 amide bonds.